The number of nitrogens with two attached hydrogens (primary N) is 1. The van der Waals surface area contributed by atoms with Crippen molar-refractivity contribution in [2.75, 3.05) is 0 Å². The first-order chi connectivity index (χ1) is 9.08. The number of hydrogen-bond acceptors (Lipinski definition) is 2. The highest BCUT2D eigenvalue weighted by molar-refractivity contribution is 5.97. The van der Waals surface area contributed by atoms with Crippen LogP contribution in [-0.4, -0.2) is 5.84 Å². The van der Waals surface area contributed by atoms with Gasteiger partial charge in [0, 0.05) is 0 Å². The Morgan fingerprint density at radius 3 is 2.42 bits per heavy atom. The number of nitrogens with one attached hydrogen (secondary N) is 1. The third kappa shape index (κ3) is 3.07. The van der Waals surface area contributed by atoms with E-state index in [0.29, 0.717) is 0 Å². The topological polar surface area (TPSA) is 59.1 Å². The van der Waals surface area contributed by atoms with Crippen LogP contribution in [0.15, 0.2) is 42.5 Å². The summed E-state index contributed by atoms with van der Waals surface area (Å²) in [7, 11) is 0. The van der Waals surface area contributed by atoms with Gasteiger partial charge in [0.1, 0.15) is 29.8 Å². The summed E-state index contributed by atoms with van der Waals surface area (Å²) < 4.78 is 31.7. The molecular weight excluding hydrogens is 250 g/mol. The summed E-state index contributed by atoms with van der Waals surface area (Å²) in [6, 6.07) is 9.99. The molecule has 0 radical (unpaired) electrons. The fraction of sp³-hybridized carbons (Fsp3) is 0.0714. The molecule has 2 rings (SSSR count). The average molecular weight is 262 g/mol. The van der Waals surface area contributed by atoms with E-state index in [1.54, 1.807) is 12.1 Å². The number of nitrogen functional groups attached to an aromatic ring is 1. The molecule has 0 bridgehead atoms. The Hall–Kier alpha value is -2.43. The predicted octanol–water partition coefficient (Wildman–Crippen LogP) is 2.83. The number of ether oxygens (including phenoxy) is 1. The highest BCUT2D eigenvalue weighted by Crippen LogP contribution is 2.22. The van der Waals surface area contributed by atoms with Gasteiger partial charge in [-0.3, -0.25) is 5.41 Å². The molecule has 2 aromatic rings. The zero-order chi connectivity index (χ0) is 13.8. The van der Waals surface area contributed by atoms with Gasteiger partial charge in [0.05, 0.1) is 5.56 Å². The first-order valence-corrected chi connectivity index (χ1v) is 5.58. The molecule has 0 amide bonds. The second-order valence-electron chi connectivity index (χ2n) is 3.94. The van der Waals surface area contributed by atoms with E-state index in [1.165, 1.54) is 30.3 Å². The smallest absolute Gasteiger partial charge is 0.137 e. The van der Waals surface area contributed by atoms with Crippen LogP contribution in [0.5, 0.6) is 5.75 Å². The molecule has 5 heteroatoms. The Labute approximate surface area is 109 Å². The first kappa shape index (κ1) is 13.0. The highest BCUT2D eigenvalue weighted by Gasteiger charge is 2.12. The lowest BCUT2D eigenvalue weighted by Gasteiger charge is -2.11. The minimum absolute atomic E-state index is 0.0652. The van der Waals surface area contributed by atoms with E-state index in [-0.39, 0.29) is 23.7 Å². The van der Waals surface area contributed by atoms with Crippen LogP contribution in [0.25, 0.3) is 0 Å². The summed E-state index contributed by atoms with van der Waals surface area (Å²) in [5, 5.41) is 7.34. The number of halogens is 2. The van der Waals surface area contributed by atoms with Gasteiger partial charge < -0.3 is 10.5 Å². The Bertz CT molecular complexity index is 597. The van der Waals surface area contributed by atoms with E-state index in [1.807, 2.05) is 0 Å². The number of amidine groups is 1. The summed E-state index contributed by atoms with van der Waals surface area (Å²) in [6.07, 6.45) is 0. The van der Waals surface area contributed by atoms with Gasteiger partial charge in [-0.15, -0.1) is 0 Å². The van der Waals surface area contributed by atoms with Crippen LogP contribution in [0.3, 0.4) is 0 Å². The van der Waals surface area contributed by atoms with Crippen molar-refractivity contribution in [1.82, 2.24) is 0 Å². The Balaban J connectivity index is 2.18. The van der Waals surface area contributed by atoms with Gasteiger partial charge in [-0.25, -0.2) is 8.78 Å². The molecule has 0 spiro atoms. The van der Waals surface area contributed by atoms with E-state index < -0.39 is 11.7 Å². The molecule has 0 saturated carbocycles. The van der Waals surface area contributed by atoms with Gasteiger partial charge in [-0.05, 0) is 29.8 Å². The molecule has 3 N–H and O–H groups in total. The van der Waals surface area contributed by atoms with Crippen molar-refractivity contribution in [3.8, 4) is 5.75 Å². The van der Waals surface area contributed by atoms with Crippen LogP contribution in [0.4, 0.5) is 8.78 Å². The second-order valence-corrected chi connectivity index (χ2v) is 3.94. The lowest BCUT2D eigenvalue weighted by molar-refractivity contribution is 0.303. The summed E-state index contributed by atoms with van der Waals surface area (Å²) in [5.74, 6) is -1.15. The third-order valence-corrected chi connectivity index (χ3v) is 2.55. The maximum Gasteiger partial charge on any atom is 0.137 e. The van der Waals surface area contributed by atoms with Gasteiger partial charge >= 0.3 is 0 Å². The molecule has 98 valence electrons. The minimum atomic E-state index is -0.607. The Kier molecular flexibility index (Phi) is 3.75. The maximum atomic E-state index is 13.5. The fourth-order valence-corrected chi connectivity index (χ4v) is 1.63. The summed E-state index contributed by atoms with van der Waals surface area (Å²) in [4.78, 5) is 0. The highest BCUT2D eigenvalue weighted by atomic mass is 19.1. The van der Waals surface area contributed by atoms with Gasteiger partial charge in [-0.1, -0.05) is 18.2 Å². The van der Waals surface area contributed by atoms with Gasteiger partial charge in [0.25, 0.3) is 0 Å². The second kappa shape index (κ2) is 5.48. The molecule has 0 saturated heterocycles. The van der Waals surface area contributed by atoms with Crippen LogP contribution in [0.1, 0.15) is 11.1 Å². The maximum absolute atomic E-state index is 13.5. The third-order valence-electron chi connectivity index (χ3n) is 2.55. The molecule has 0 unspecified atom stereocenters. The molecule has 0 aliphatic heterocycles. The first-order valence-electron chi connectivity index (χ1n) is 5.58. The standard InChI is InChI=1S/C14H12F2N2O/c15-10-6-4-9(5-7-10)8-19-12-3-1-2-11(16)13(12)14(17)18/h1-7H,8H2,(H3,17,18). The van der Waals surface area contributed by atoms with Crippen molar-refractivity contribution in [3.63, 3.8) is 0 Å². The van der Waals surface area contributed by atoms with Crippen molar-refractivity contribution >= 4 is 5.84 Å². The van der Waals surface area contributed by atoms with Gasteiger partial charge in [-0.2, -0.15) is 0 Å². The molecule has 0 aromatic heterocycles. The van der Waals surface area contributed by atoms with Crippen molar-refractivity contribution in [2.45, 2.75) is 6.61 Å². The molecule has 0 atom stereocenters. The lowest BCUT2D eigenvalue weighted by Crippen LogP contribution is -2.15. The van der Waals surface area contributed by atoms with Crippen molar-refractivity contribution in [2.24, 2.45) is 5.73 Å². The molecule has 3 nitrogen and oxygen atoms in total. The lowest BCUT2D eigenvalue weighted by atomic mass is 10.1. The average Bonchev–Trinajstić information content (AvgIpc) is 2.37. The van der Waals surface area contributed by atoms with Gasteiger partial charge in [0.15, 0.2) is 0 Å². The molecule has 19 heavy (non-hydrogen) atoms. The molecule has 2 aromatic carbocycles. The summed E-state index contributed by atoms with van der Waals surface area (Å²) >= 11 is 0. The van der Waals surface area contributed by atoms with E-state index in [9.17, 15) is 8.78 Å². The molecule has 0 aliphatic rings. The van der Waals surface area contributed by atoms with Crippen LogP contribution in [-0.2, 0) is 6.61 Å². The van der Waals surface area contributed by atoms with Crippen molar-refractivity contribution in [3.05, 3.63) is 65.2 Å². The number of benzene rings is 2. The summed E-state index contributed by atoms with van der Waals surface area (Å²) in [5.41, 5.74) is 5.99. The van der Waals surface area contributed by atoms with E-state index in [2.05, 4.69) is 0 Å². The number of rotatable bonds is 4. The van der Waals surface area contributed by atoms with Crippen LogP contribution in [0, 0.1) is 17.0 Å². The Morgan fingerprint density at radius 1 is 1.11 bits per heavy atom. The van der Waals surface area contributed by atoms with Crippen LogP contribution >= 0.6 is 0 Å². The van der Waals surface area contributed by atoms with Gasteiger partial charge in [0.2, 0.25) is 0 Å². The largest absolute Gasteiger partial charge is 0.488 e. The normalized spacial score (nSPS) is 10.2. The molecule has 0 aliphatic carbocycles. The van der Waals surface area contributed by atoms with Crippen molar-refractivity contribution < 1.29 is 13.5 Å². The van der Waals surface area contributed by atoms with E-state index in [4.69, 9.17) is 15.9 Å². The molecule has 0 heterocycles. The zero-order valence-electron chi connectivity index (χ0n) is 9.99. The zero-order valence-corrected chi connectivity index (χ0v) is 9.99. The van der Waals surface area contributed by atoms with Crippen LogP contribution in [0.2, 0.25) is 0 Å². The summed E-state index contributed by atoms with van der Waals surface area (Å²) in [6.45, 7) is 0.143. The van der Waals surface area contributed by atoms with Crippen LogP contribution < -0.4 is 10.5 Å². The molecule has 0 fully saturated rings. The van der Waals surface area contributed by atoms with E-state index >= 15 is 0 Å². The molecular formula is C14H12F2N2O. The predicted molar refractivity (Wildman–Crippen MR) is 68.1 cm³/mol. The number of hydrogen-bond donors (Lipinski definition) is 2. The minimum Gasteiger partial charge on any atom is -0.488 e. The fourth-order valence-electron chi connectivity index (χ4n) is 1.63. The Morgan fingerprint density at radius 2 is 1.79 bits per heavy atom. The monoisotopic (exact) mass is 262 g/mol. The quantitative estimate of drug-likeness (QED) is 0.657. The SMILES string of the molecule is N=C(N)c1c(F)cccc1OCc1ccc(F)cc1. The van der Waals surface area contributed by atoms with Crippen molar-refractivity contribution in [1.29, 1.82) is 5.41 Å². The van der Waals surface area contributed by atoms with E-state index in [0.717, 1.165) is 5.56 Å².